The number of sulfonamides is 2. The van der Waals surface area contributed by atoms with Crippen LogP contribution in [-0.2, 0) is 52.1 Å². The van der Waals surface area contributed by atoms with E-state index in [1.807, 2.05) is 50.7 Å². The van der Waals surface area contributed by atoms with E-state index >= 15 is 0 Å². The second-order valence-corrected chi connectivity index (χ2v) is 23.5. The van der Waals surface area contributed by atoms with Crippen molar-refractivity contribution in [3.63, 3.8) is 0 Å². The minimum Gasteiger partial charge on any atom is -0.378 e. The number of nitrogens with zero attached hydrogens (tertiary/aromatic N) is 6. The summed E-state index contributed by atoms with van der Waals surface area (Å²) < 4.78 is 80.4. The third-order valence-electron chi connectivity index (χ3n) is 12.5. The number of hydrogen-bond donors (Lipinski definition) is 6. The minimum absolute atomic E-state index is 0.0760. The molecule has 2 atom stereocenters. The number of guanidine groups is 2. The molecule has 2 aliphatic rings. The Morgan fingerprint density at radius 3 is 1.35 bits per heavy atom. The largest absolute Gasteiger partial charge is 0.378 e. The van der Waals surface area contributed by atoms with Crippen LogP contribution in [0.1, 0.15) is 58.1 Å². The van der Waals surface area contributed by atoms with Crippen LogP contribution in [0.5, 0.6) is 0 Å². The van der Waals surface area contributed by atoms with Gasteiger partial charge in [-0.2, -0.15) is 10.5 Å². The molecule has 0 fully saturated rings. The highest BCUT2D eigenvalue weighted by Gasteiger charge is 2.30. The molecule has 4 aromatic carbocycles. The van der Waals surface area contributed by atoms with E-state index in [1.54, 1.807) is 48.5 Å². The number of benzene rings is 4. The van der Waals surface area contributed by atoms with Crippen molar-refractivity contribution < 1.29 is 35.8 Å². The Morgan fingerprint density at radius 2 is 0.962 bits per heavy atom. The molecule has 2 heterocycles. The van der Waals surface area contributed by atoms with Crippen LogP contribution in [0, 0.1) is 22.9 Å². The number of hydrogen-bond acceptors (Lipinski definition) is 14. The van der Waals surface area contributed by atoms with E-state index in [9.17, 15) is 27.4 Å². The summed E-state index contributed by atoms with van der Waals surface area (Å²) in [5.41, 5.74) is 5.66. The molecule has 26 heteroatoms. The van der Waals surface area contributed by atoms with E-state index in [-0.39, 0.29) is 74.4 Å². The molecule has 0 saturated carbocycles. The van der Waals surface area contributed by atoms with Gasteiger partial charge < -0.3 is 39.4 Å². The van der Waals surface area contributed by atoms with Crippen LogP contribution in [0.2, 0.25) is 20.1 Å². The Balaban J connectivity index is 0.773. The maximum absolute atomic E-state index is 13.2. The first-order valence-corrected chi connectivity index (χ1v) is 29.8. The number of likely N-dealkylation sites (N-methyl/N-ethyl adjacent to an activating group) is 2. The lowest BCUT2D eigenvalue weighted by molar-refractivity contribution is 0.0520. The fourth-order valence-electron chi connectivity index (χ4n) is 8.84. The lowest BCUT2D eigenvalue weighted by Crippen LogP contribution is -2.37. The van der Waals surface area contributed by atoms with Gasteiger partial charge in [-0.05, 0) is 109 Å². The highest BCUT2D eigenvalue weighted by Crippen LogP contribution is 2.40. The maximum Gasteiger partial charge on any atom is 0.240 e. The quantitative estimate of drug-likeness (QED) is 0.0127. The average Bonchev–Trinajstić information content (AvgIpc) is 3.45. The van der Waals surface area contributed by atoms with Crippen LogP contribution in [-0.4, -0.2) is 158 Å². The van der Waals surface area contributed by atoms with Crippen LogP contribution in [0.25, 0.3) is 0 Å². The molecule has 6 N–H and O–H groups in total. The highest BCUT2D eigenvalue weighted by molar-refractivity contribution is 7.89. The van der Waals surface area contributed by atoms with Crippen LogP contribution in [0.4, 0.5) is 0 Å². The number of ether oxygens (including phenoxy) is 4. The zero-order chi connectivity index (χ0) is 55.9. The molecule has 6 rings (SSSR count). The number of halogens is 4. The molecule has 422 valence electrons. The first kappa shape index (κ1) is 62.3. The predicted molar refractivity (Wildman–Crippen MR) is 303 cm³/mol. The van der Waals surface area contributed by atoms with Crippen molar-refractivity contribution in [1.82, 2.24) is 40.5 Å². The van der Waals surface area contributed by atoms with Gasteiger partial charge in [-0.1, -0.05) is 70.7 Å². The second kappa shape index (κ2) is 31.8. The molecular weight excluding hydrogens is 1130 g/mol. The van der Waals surface area contributed by atoms with E-state index < -0.39 is 20.0 Å². The maximum atomic E-state index is 13.2. The second-order valence-electron chi connectivity index (χ2n) is 18.3. The van der Waals surface area contributed by atoms with E-state index in [0.717, 1.165) is 33.4 Å². The van der Waals surface area contributed by atoms with Crippen LogP contribution < -0.4 is 30.7 Å². The normalized spacial score (nSPS) is 16.2. The smallest absolute Gasteiger partial charge is 0.240 e. The van der Waals surface area contributed by atoms with Gasteiger partial charge >= 0.3 is 0 Å². The van der Waals surface area contributed by atoms with Gasteiger partial charge in [0.2, 0.25) is 32.0 Å². The highest BCUT2D eigenvalue weighted by atomic mass is 35.5. The van der Waals surface area contributed by atoms with Gasteiger partial charge in [-0.15, -0.1) is 0 Å². The first-order chi connectivity index (χ1) is 37.6. The third kappa shape index (κ3) is 19.5. The number of fused-ring (bicyclic) bond motifs is 2. The van der Waals surface area contributed by atoms with E-state index in [4.69, 9.17) is 65.4 Å². The molecule has 4 aromatic rings. The molecule has 0 unspecified atom stereocenters. The topological polar surface area (TPSA) is 256 Å². The zero-order valence-corrected chi connectivity index (χ0v) is 48.2. The molecule has 0 amide bonds. The summed E-state index contributed by atoms with van der Waals surface area (Å²) in [7, 11) is -3.61. The van der Waals surface area contributed by atoms with Gasteiger partial charge in [0, 0.05) is 97.4 Å². The minimum atomic E-state index is -3.81. The van der Waals surface area contributed by atoms with Crippen LogP contribution in [0.3, 0.4) is 0 Å². The molecule has 0 aliphatic carbocycles. The van der Waals surface area contributed by atoms with Crippen molar-refractivity contribution >= 4 is 78.4 Å². The van der Waals surface area contributed by atoms with E-state index in [0.29, 0.717) is 110 Å². The number of nitrogens with one attached hydrogen (secondary N) is 6. The van der Waals surface area contributed by atoms with Crippen molar-refractivity contribution in [2.24, 2.45) is 9.98 Å². The van der Waals surface area contributed by atoms with Crippen molar-refractivity contribution in [2.45, 2.75) is 47.6 Å². The summed E-state index contributed by atoms with van der Waals surface area (Å²) in [6.45, 7) is 6.41. The van der Waals surface area contributed by atoms with Crippen molar-refractivity contribution in [3.05, 3.63) is 126 Å². The van der Waals surface area contributed by atoms with E-state index in [1.165, 1.54) is 0 Å². The third-order valence-corrected chi connectivity index (χ3v) is 16.5. The molecule has 0 saturated heterocycles. The Labute approximate surface area is 477 Å². The first-order valence-electron chi connectivity index (χ1n) is 25.3. The Hall–Kier alpha value is -4.86. The molecule has 0 aromatic heterocycles. The van der Waals surface area contributed by atoms with Gasteiger partial charge in [0.25, 0.3) is 0 Å². The molecule has 20 nitrogen and oxygen atoms in total. The Morgan fingerprint density at radius 1 is 0.577 bits per heavy atom. The summed E-state index contributed by atoms with van der Waals surface area (Å²) in [4.78, 5) is 13.4. The molecule has 2 aliphatic heterocycles. The SMILES string of the molecule is CN1Cc2c(Cl)cc(Cl)cc2[C@@H](c2cccc(S(=O)(=O)NCCOCCOCCNC(=NCCCCN=C(NC#N)NCCOCCOCCNS(=O)(=O)c3cccc([C@H]4CN(C)Cc5c(Cl)cc(Cl)cc54)c3)NC#N)c2)C1. The summed E-state index contributed by atoms with van der Waals surface area (Å²) in [6, 6.07) is 21.1. The fraction of sp³-hybridized carbons (Fsp3) is 0.462. The number of aliphatic imine (C=N–C) groups is 2. The standard InChI is InChI=1S/C52H66Cl4N12O8S2/c1-67-31-45(43-27-39(53)29-49(55)47(43)33-67)37-7-5-9-41(25-37)77(69,70)65-15-19-75-23-21-73-17-13-61-51(63-35-57)59-11-3-4-12-60-52(64-36-58)62-14-18-74-22-24-76-20-16-66-78(71,72)42-10-6-8-38(26-42)46-32-68(2)34-48-44(46)28-40(54)30-50(48)56/h5-10,25-30,45-46,65-66H,3-4,11-24,31-34H2,1-2H3,(H2,59,61,63)(H2,60,62,64)/t45-,46-/m1/s1. The average molecular weight is 1190 g/mol. The lowest BCUT2D eigenvalue weighted by Gasteiger charge is -2.33. The number of rotatable bonds is 29. The lowest BCUT2D eigenvalue weighted by atomic mass is 9.85. The summed E-state index contributed by atoms with van der Waals surface area (Å²) in [5.74, 6) is 0.407. The van der Waals surface area contributed by atoms with Crippen LogP contribution in [0.15, 0.2) is 92.6 Å². The van der Waals surface area contributed by atoms with Crippen LogP contribution >= 0.6 is 46.4 Å². The molecular formula is C52H66Cl4N12O8S2. The fourth-order valence-corrected chi connectivity index (χ4v) is 12.1. The summed E-state index contributed by atoms with van der Waals surface area (Å²) >= 11 is 25.7. The number of unbranched alkanes of at least 4 members (excludes halogenated alkanes) is 1. The number of nitriles is 2. The van der Waals surface area contributed by atoms with Crippen molar-refractivity contribution in [3.8, 4) is 12.4 Å². The molecule has 78 heavy (non-hydrogen) atoms. The van der Waals surface area contributed by atoms with Crippen molar-refractivity contribution in [2.75, 3.05) is 119 Å². The van der Waals surface area contributed by atoms with Gasteiger partial charge in [0.1, 0.15) is 0 Å². The molecule has 0 bridgehead atoms. The monoisotopic (exact) mass is 1190 g/mol. The zero-order valence-electron chi connectivity index (χ0n) is 43.5. The Kier molecular flexibility index (Phi) is 25.4. The Bertz CT molecular complexity index is 2800. The summed E-state index contributed by atoms with van der Waals surface area (Å²) in [6.07, 6.45) is 5.06. The van der Waals surface area contributed by atoms with Gasteiger partial charge in [-0.25, -0.2) is 26.3 Å². The molecule has 0 spiro atoms. The van der Waals surface area contributed by atoms with Gasteiger partial charge in [-0.3, -0.25) is 20.6 Å². The van der Waals surface area contributed by atoms with Gasteiger partial charge in [0.05, 0.1) is 62.6 Å². The van der Waals surface area contributed by atoms with Crippen molar-refractivity contribution in [1.29, 1.82) is 10.5 Å². The summed E-state index contributed by atoms with van der Waals surface area (Å²) in [5, 5.41) is 31.7. The van der Waals surface area contributed by atoms with E-state index in [2.05, 4.69) is 50.5 Å². The molecule has 0 radical (unpaired) electrons. The van der Waals surface area contributed by atoms with Gasteiger partial charge in [0.15, 0.2) is 12.4 Å². The predicted octanol–water partition coefficient (Wildman–Crippen LogP) is 5.59.